The van der Waals surface area contributed by atoms with Crippen molar-refractivity contribution in [3.8, 4) is 0 Å². The second-order valence-electron chi connectivity index (χ2n) is 4.35. The van der Waals surface area contributed by atoms with Gasteiger partial charge in [-0.2, -0.15) is 0 Å². The van der Waals surface area contributed by atoms with Crippen LogP contribution in [0.5, 0.6) is 0 Å². The van der Waals surface area contributed by atoms with E-state index < -0.39 is 17.9 Å². The van der Waals surface area contributed by atoms with Gasteiger partial charge < -0.3 is 5.32 Å². The second kappa shape index (κ2) is 5.36. The minimum absolute atomic E-state index is 0.0161. The molecule has 1 aliphatic rings. The number of hydrogen-bond donors (Lipinski definition) is 1. The van der Waals surface area contributed by atoms with Gasteiger partial charge in [0.1, 0.15) is 17.8 Å². The largest absolute Gasteiger partial charge is 0.314 e. The fourth-order valence-corrected chi connectivity index (χ4v) is 2.14. The average Bonchev–Trinajstić information content (AvgIpc) is 2.32. The molecule has 17 heavy (non-hydrogen) atoms. The van der Waals surface area contributed by atoms with E-state index in [1.807, 2.05) is 0 Å². The van der Waals surface area contributed by atoms with Crippen molar-refractivity contribution in [3.63, 3.8) is 0 Å². The molecule has 0 saturated carbocycles. The summed E-state index contributed by atoms with van der Waals surface area (Å²) in [6, 6.07) is 6.15. The van der Waals surface area contributed by atoms with E-state index in [0.717, 1.165) is 0 Å². The number of Topliss-reactive ketones (excluding diaryl/α,β-unsaturated/α-hetero) is 1. The standard InChI is InChI=1S/C13H15F2NO/c14-11-4-2-1-3-9(11)7-13(17)10-5-6-16-8-12(10)15/h1-4,10,12,16H,5-8H2. The monoisotopic (exact) mass is 239 g/mol. The number of ketones is 1. The number of halogens is 2. The topological polar surface area (TPSA) is 29.1 Å². The van der Waals surface area contributed by atoms with Gasteiger partial charge in [-0.3, -0.25) is 4.79 Å². The summed E-state index contributed by atoms with van der Waals surface area (Å²) in [4.78, 5) is 11.9. The Morgan fingerprint density at radius 1 is 1.41 bits per heavy atom. The van der Waals surface area contributed by atoms with Crippen LogP contribution in [0.4, 0.5) is 8.78 Å². The summed E-state index contributed by atoms with van der Waals surface area (Å²) in [5, 5.41) is 2.89. The molecule has 92 valence electrons. The summed E-state index contributed by atoms with van der Waals surface area (Å²) in [6.07, 6.45) is -0.672. The molecule has 1 N–H and O–H groups in total. The van der Waals surface area contributed by atoms with Crippen molar-refractivity contribution in [2.45, 2.75) is 19.0 Å². The van der Waals surface area contributed by atoms with Crippen molar-refractivity contribution in [2.24, 2.45) is 5.92 Å². The Labute approximate surface area is 99.0 Å². The molecule has 0 aliphatic carbocycles. The van der Waals surface area contributed by atoms with Crippen molar-refractivity contribution in [2.75, 3.05) is 13.1 Å². The molecule has 0 amide bonds. The molecule has 1 aliphatic heterocycles. The van der Waals surface area contributed by atoms with Crippen LogP contribution >= 0.6 is 0 Å². The zero-order valence-corrected chi connectivity index (χ0v) is 9.46. The molecule has 1 aromatic carbocycles. The lowest BCUT2D eigenvalue weighted by Gasteiger charge is -2.25. The smallest absolute Gasteiger partial charge is 0.143 e. The third kappa shape index (κ3) is 2.88. The molecule has 2 nitrogen and oxygen atoms in total. The van der Waals surface area contributed by atoms with Gasteiger partial charge in [-0.1, -0.05) is 18.2 Å². The van der Waals surface area contributed by atoms with E-state index in [1.165, 1.54) is 6.07 Å². The zero-order valence-electron chi connectivity index (χ0n) is 9.46. The van der Waals surface area contributed by atoms with Crippen molar-refractivity contribution >= 4 is 5.78 Å². The van der Waals surface area contributed by atoms with Crippen LogP contribution in [0.1, 0.15) is 12.0 Å². The normalized spacial score (nSPS) is 24.6. The molecule has 2 unspecified atom stereocenters. The van der Waals surface area contributed by atoms with Gasteiger partial charge in [-0.05, 0) is 24.6 Å². The Morgan fingerprint density at radius 3 is 2.88 bits per heavy atom. The fourth-order valence-electron chi connectivity index (χ4n) is 2.14. The molecular weight excluding hydrogens is 224 g/mol. The van der Waals surface area contributed by atoms with Gasteiger partial charge in [0.2, 0.25) is 0 Å². The number of nitrogens with one attached hydrogen (secondary N) is 1. The number of carbonyl (C=O) groups excluding carboxylic acids is 1. The van der Waals surface area contributed by atoms with Gasteiger partial charge in [0.05, 0.1) is 5.92 Å². The molecule has 0 spiro atoms. The summed E-state index contributed by atoms with van der Waals surface area (Å²) in [6.45, 7) is 0.863. The van der Waals surface area contributed by atoms with Gasteiger partial charge in [0.15, 0.2) is 0 Å². The minimum atomic E-state index is -1.15. The summed E-state index contributed by atoms with van der Waals surface area (Å²) in [5.74, 6) is -1.19. The maximum Gasteiger partial charge on any atom is 0.143 e. The molecule has 4 heteroatoms. The third-order valence-electron chi connectivity index (χ3n) is 3.14. The van der Waals surface area contributed by atoms with Gasteiger partial charge in [0, 0.05) is 13.0 Å². The lowest BCUT2D eigenvalue weighted by molar-refractivity contribution is -0.125. The van der Waals surface area contributed by atoms with Crippen LogP contribution in [0.2, 0.25) is 0 Å². The van der Waals surface area contributed by atoms with Crippen LogP contribution in [0.25, 0.3) is 0 Å². The van der Waals surface area contributed by atoms with Crippen molar-refractivity contribution < 1.29 is 13.6 Å². The molecule has 1 aromatic rings. The predicted molar refractivity (Wildman–Crippen MR) is 61.0 cm³/mol. The first-order valence-corrected chi connectivity index (χ1v) is 5.79. The van der Waals surface area contributed by atoms with E-state index in [2.05, 4.69) is 5.32 Å². The number of piperidine rings is 1. The summed E-state index contributed by atoms with van der Waals surface area (Å²) in [7, 11) is 0. The summed E-state index contributed by atoms with van der Waals surface area (Å²) < 4.78 is 26.9. The summed E-state index contributed by atoms with van der Waals surface area (Å²) >= 11 is 0. The Bertz CT molecular complexity index is 408. The minimum Gasteiger partial charge on any atom is -0.314 e. The maximum atomic E-state index is 13.5. The van der Waals surface area contributed by atoms with Crippen molar-refractivity contribution in [1.29, 1.82) is 0 Å². The molecule has 0 aromatic heterocycles. The molecule has 2 rings (SSSR count). The Morgan fingerprint density at radius 2 is 2.18 bits per heavy atom. The average molecular weight is 239 g/mol. The van der Waals surface area contributed by atoms with Crippen molar-refractivity contribution in [3.05, 3.63) is 35.6 Å². The first-order chi connectivity index (χ1) is 8.18. The van der Waals surface area contributed by atoms with Crippen LogP contribution in [-0.2, 0) is 11.2 Å². The Kier molecular flexibility index (Phi) is 3.84. The van der Waals surface area contributed by atoms with Gasteiger partial charge in [-0.15, -0.1) is 0 Å². The Balaban J connectivity index is 2.03. The lowest BCUT2D eigenvalue weighted by atomic mass is 9.88. The number of benzene rings is 1. The van der Waals surface area contributed by atoms with E-state index in [9.17, 15) is 13.6 Å². The van der Waals surface area contributed by atoms with Crippen LogP contribution < -0.4 is 5.32 Å². The van der Waals surface area contributed by atoms with Crippen molar-refractivity contribution in [1.82, 2.24) is 5.32 Å². The summed E-state index contributed by atoms with van der Waals surface area (Å²) in [5.41, 5.74) is 0.350. The highest BCUT2D eigenvalue weighted by molar-refractivity contribution is 5.84. The number of carbonyl (C=O) groups is 1. The first kappa shape index (κ1) is 12.2. The molecule has 1 fully saturated rings. The highest BCUT2D eigenvalue weighted by Crippen LogP contribution is 2.19. The van der Waals surface area contributed by atoms with Crippen LogP contribution in [0.15, 0.2) is 24.3 Å². The lowest BCUT2D eigenvalue weighted by Crippen LogP contribution is -2.42. The molecular formula is C13H15F2NO. The molecule has 2 atom stereocenters. The molecule has 1 saturated heterocycles. The van der Waals surface area contributed by atoms with Crippen LogP contribution in [0, 0.1) is 11.7 Å². The fraction of sp³-hybridized carbons (Fsp3) is 0.462. The van der Waals surface area contributed by atoms with Gasteiger partial charge in [-0.25, -0.2) is 8.78 Å². The van der Waals surface area contributed by atoms with Crippen LogP contribution in [-0.4, -0.2) is 25.0 Å². The third-order valence-corrected chi connectivity index (χ3v) is 3.14. The van der Waals surface area contributed by atoms with E-state index in [4.69, 9.17) is 0 Å². The van der Waals surface area contributed by atoms with Gasteiger partial charge >= 0.3 is 0 Å². The quantitative estimate of drug-likeness (QED) is 0.872. The van der Waals surface area contributed by atoms with E-state index in [-0.39, 0.29) is 18.7 Å². The molecule has 1 heterocycles. The highest BCUT2D eigenvalue weighted by atomic mass is 19.1. The number of alkyl halides is 1. The second-order valence-corrected chi connectivity index (χ2v) is 4.35. The first-order valence-electron chi connectivity index (χ1n) is 5.79. The number of hydrogen-bond acceptors (Lipinski definition) is 2. The number of rotatable bonds is 3. The zero-order chi connectivity index (χ0) is 12.3. The van der Waals surface area contributed by atoms with E-state index >= 15 is 0 Å². The maximum absolute atomic E-state index is 13.5. The van der Waals surface area contributed by atoms with Crippen LogP contribution in [0.3, 0.4) is 0 Å². The van der Waals surface area contributed by atoms with E-state index in [0.29, 0.717) is 18.5 Å². The molecule has 0 radical (unpaired) electrons. The van der Waals surface area contributed by atoms with E-state index in [1.54, 1.807) is 18.2 Å². The molecule has 0 bridgehead atoms. The highest BCUT2D eigenvalue weighted by Gasteiger charge is 2.30. The Hall–Kier alpha value is -1.29. The predicted octanol–water partition coefficient (Wildman–Crippen LogP) is 1.88. The van der Waals surface area contributed by atoms with Gasteiger partial charge in [0.25, 0.3) is 0 Å². The SMILES string of the molecule is O=C(Cc1ccccc1F)C1CCNCC1F.